The zero-order chi connectivity index (χ0) is 18.5. The number of phenolic OH excluding ortho intramolecular Hbond substituents is 1. The van der Waals surface area contributed by atoms with Gasteiger partial charge in [0.15, 0.2) is 0 Å². The summed E-state index contributed by atoms with van der Waals surface area (Å²) in [6.45, 7) is 0.533. The summed E-state index contributed by atoms with van der Waals surface area (Å²) >= 11 is 0. The van der Waals surface area contributed by atoms with Crippen LogP contribution < -0.4 is 4.74 Å². The molecule has 0 aliphatic carbocycles. The Bertz CT molecular complexity index is 1030. The number of aromatic hydroxyl groups is 1. The smallest absolute Gasteiger partial charge is 0.124 e. The molecular weight excluding hydrogens is 336 g/mol. The number of para-hydroxylation sites is 1. The minimum absolute atomic E-state index is 0.201. The van der Waals surface area contributed by atoms with E-state index >= 15 is 0 Å². The van der Waals surface area contributed by atoms with Gasteiger partial charge >= 0.3 is 0 Å². The van der Waals surface area contributed by atoms with E-state index in [4.69, 9.17) is 4.74 Å². The average molecular weight is 354 g/mol. The molecule has 0 bridgehead atoms. The van der Waals surface area contributed by atoms with Crippen LogP contribution in [0.25, 0.3) is 22.5 Å². The van der Waals surface area contributed by atoms with E-state index in [1.807, 2.05) is 72.8 Å². The number of phenols is 1. The van der Waals surface area contributed by atoms with Crippen molar-refractivity contribution in [2.75, 3.05) is 0 Å². The van der Waals surface area contributed by atoms with Crippen molar-refractivity contribution in [1.29, 1.82) is 0 Å². The molecule has 4 rings (SSSR count). The van der Waals surface area contributed by atoms with Gasteiger partial charge in [-0.3, -0.25) is 0 Å². The summed E-state index contributed by atoms with van der Waals surface area (Å²) in [6, 6.07) is 26.9. The molecule has 0 unspecified atom stereocenters. The standard InChI is InChI=1S/C23H18N2O2/c26-23-9-5-4-8-20(23)22-14-21(24-16-25-22)18-10-12-19(13-11-18)27-15-17-6-2-1-3-7-17/h1-14,16,26H,15H2. The van der Waals surface area contributed by atoms with Gasteiger partial charge < -0.3 is 9.84 Å². The number of aromatic nitrogens is 2. The molecule has 0 radical (unpaired) electrons. The number of nitrogens with zero attached hydrogens (tertiary/aromatic N) is 2. The first-order valence-electron chi connectivity index (χ1n) is 8.67. The molecule has 4 nitrogen and oxygen atoms in total. The molecule has 1 N–H and O–H groups in total. The second-order valence-electron chi connectivity index (χ2n) is 6.10. The van der Waals surface area contributed by atoms with Crippen LogP contribution in [0.5, 0.6) is 11.5 Å². The van der Waals surface area contributed by atoms with E-state index in [-0.39, 0.29) is 5.75 Å². The molecule has 27 heavy (non-hydrogen) atoms. The Morgan fingerprint density at radius 1 is 0.741 bits per heavy atom. The van der Waals surface area contributed by atoms with E-state index in [0.717, 1.165) is 22.6 Å². The Hall–Kier alpha value is -3.66. The zero-order valence-electron chi connectivity index (χ0n) is 14.6. The molecule has 132 valence electrons. The lowest BCUT2D eigenvalue weighted by Gasteiger charge is -2.08. The molecule has 0 aliphatic heterocycles. The summed E-state index contributed by atoms with van der Waals surface area (Å²) < 4.78 is 5.83. The van der Waals surface area contributed by atoms with Crippen LogP contribution in [0.4, 0.5) is 0 Å². The summed E-state index contributed by atoms with van der Waals surface area (Å²) in [5, 5.41) is 10.0. The normalized spacial score (nSPS) is 10.5. The van der Waals surface area contributed by atoms with Crippen LogP contribution in [0, 0.1) is 0 Å². The van der Waals surface area contributed by atoms with Gasteiger partial charge in [0, 0.05) is 11.1 Å². The summed E-state index contributed by atoms with van der Waals surface area (Å²) in [5.74, 6) is 1.00. The average Bonchev–Trinajstić information content (AvgIpc) is 2.74. The molecule has 4 aromatic rings. The molecular formula is C23H18N2O2. The van der Waals surface area contributed by atoms with Crippen molar-refractivity contribution in [2.45, 2.75) is 6.61 Å². The predicted molar refractivity (Wildman–Crippen MR) is 105 cm³/mol. The quantitative estimate of drug-likeness (QED) is 0.542. The third-order valence-corrected chi connectivity index (χ3v) is 4.25. The molecule has 0 atom stereocenters. The Kier molecular flexibility index (Phi) is 4.79. The van der Waals surface area contributed by atoms with Crippen LogP contribution in [0.2, 0.25) is 0 Å². The minimum Gasteiger partial charge on any atom is -0.507 e. The van der Waals surface area contributed by atoms with E-state index in [0.29, 0.717) is 17.9 Å². The molecule has 0 spiro atoms. The zero-order valence-corrected chi connectivity index (χ0v) is 14.6. The Balaban J connectivity index is 1.52. The summed E-state index contributed by atoms with van der Waals surface area (Å²) in [5.41, 5.74) is 4.25. The highest BCUT2D eigenvalue weighted by Crippen LogP contribution is 2.29. The van der Waals surface area contributed by atoms with Crippen molar-refractivity contribution in [2.24, 2.45) is 0 Å². The first-order chi connectivity index (χ1) is 13.3. The predicted octanol–water partition coefficient (Wildman–Crippen LogP) is 5.10. The van der Waals surface area contributed by atoms with Gasteiger partial charge in [0.1, 0.15) is 24.4 Å². The van der Waals surface area contributed by atoms with Gasteiger partial charge in [-0.1, -0.05) is 42.5 Å². The van der Waals surface area contributed by atoms with Crippen LogP contribution >= 0.6 is 0 Å². The van der Waals surface area contributed by atoms with Crippen LogP contribution in [-0.2, 0) is 6.61 Å². The molecule has 3 aromatic carbocycles. The molecule has 1 aromatic heterocycles. The first-order valence-corrected chi connectivity index (χ1v) is 8.67. The second-order valence-corrected chi connectivity index (χ2v) is 6.10. The van der Waals surface area contributed by atoms with Crippen molar-refractivity contribution >= 4 is 0 Å². The Morgan fingerprint density at radius 3 is 2.22 bits per heavy atom. The van der Waals surface area contributed by atoms with E-state index in [1.165, 1.54) is 6.33 Å². The second kappa shape index (κ2) is 7.70. The number of benzene rings is 3. The van der Waals surface area contributed by atoms with Crippen LogP contribution in [-0.4, -0.2) is 15.1 Å². The van der Waals surface area contributed by atoms with Gasteiger partial charge in [-0.15, -0.1) is 0 Å². The highest BCUT2D eigenvalue weighted by atomic mass is 16.5. The van der Waals surface area contributed by atoms with Crippen molar-refractivity contribution in [3.63, 3.8) is 0 Å². The Morgan fingerprint density at radius 2 is 1.44 bits per heavy atom. The van der Waals surface area contributed by atoms with Crippen LogP contribution in [0.3, 0.4) is 0 Å². The molecule has 1 heterocycles. The molecule has 0 saturated heterocycles. The van der Waals surface area contributed by atoms with E-state index in [2.05, 4.69) is 9.97 Å². The molecule has 0 aliphatic rings. The molecule has 0 saturated carbocycles. The molecule has 0 amide bonds. The highest BCUT2D eigenvalue weighted by Gasteiger charge is 2.08. The third-order valence-electron chi connectivity index (χ3n) is 4.25. The number of ether oxygens (including phenoxy) is 1. The fourth-order valence-electron chi connectivity index (χ4n) is 2.82. The highest BCUT2D eigenvalue weighted by molar-refractivity contribution is 5.71. The summed E-state index contributed by atoms with van der Waals surface area (Å²) in [4.78, 5) is 8.64. The maximum atomic E-state index is 10.0. The largest absolute Gasteiger partial charge is 0.507 e. The van der Waals surface area contributed by atoms with Crippen LogP contribution in [0.15, 0.2) is 91.3 Å². The monoisotopic (exact) mass is 354 g/mol. The van der Waals surface area contributed by atoms with Crippen molar-refractivity contribution in [1.82, 2.24) is 9.97 Å². The summed E-state index contributed by atoms with van der Waals surface area (Å²) in [6.07, 6.45) is 1.51. The maximum absolute atomic E-state index is 10.0. The van der Waals surface area contributed by atoms with Crippen LogP contribution in [0.1, 0.15) is 5.56 Å². The van der Waals surface area contributed by atoms with Gasteiger partial charge in [-0.25, -0.2) is 9.97 Å². The molecule has 0 fully saturated rings. The van der Waals surface area contributed by atoms with Gasteiger partial charge in [-0.05, 0) is 48.0 Å². The fourth-order valence-corrected chi connectivity index (χ4v) is 2.82. The molecule has 4 heteroatoms. The Labute approximate surface area is 157 Å². The summed E-state index contributed by atoms with van der Waals surface area (Å²) in [7, 11) is 0. The SMILES string of the molecule is Oc1ccccc1-c1cc(-c2ccc(OCc3ccccc3)cc2)ncn1. The van der Waals surface area contributed by atoms with Gasteiger partial charge in [0.05, 0.1) is 11.4 Å². The van der Waals surface area contributed by atoms with Gasteiger partial charge in [0.25, 0.3) is 0 Å². The van der Waals surface area contributed by atoms with E-state index in [9.17, 15) is 5.11 Å². The van der Waals surface area contributed by atoms with E-state index < -0.39 is 0 Å². The lowest BCUT2D eigenvalue weighted by molar-refractivity contribution is 0.306. The topological polar surface area (TPSA) is 55.2 Å². The van der Waals surface area contributed by atoms with E-state index in [1.54, 1.807) is 12.1 Å². The first kappa shape index (κ1) is 16.8. The fraction of sp³-hybridized carbons (Fsp3) is 0.0435. The third kappa shape index (κ3) is 3.96. The lowest BCUT2D eigenvalue weighted by Crippen LogP contribution is -1.95. The number of hydrogen-bond acceptors (Lipinski definition) is 4. The van der Waals surface area contributed by atoms with Crippen molar-refractivity contribution in [3.05, 3.63) is 96.8 Å². The maximum Gasteiger partial charge on any atom is 0.124 e. The van der Waals surface area contributed by atoms with Crippen molar-refractivity contribution in [3.8, 4) is 34.0 Å². The van der Waals surface area contributed by atoms with Gasteiger partial charge in [0.2, 0.25) is 0 Å². The lowest BCUT2D eigenvalue weighted by atomic mass is 10.1. The number of rotatable bonds is 5. The minimum atomic E-state index is 0.201. The van der Waals surface area contributed by atoms with Crippen molar-refractivity contribution < 1.29 is 9.84 Å². The van der Waals surface area contributed by atoms with Gasteiger partial charge in [-0.2, -0.15) is 0 Å². The number of hydrogen-bond donors (Lipinski definition) is 1.